The summed E-state index contributed by atoms with van der Waals surface area (Å²) in [6.07, 6.45) is 1.20. The van der Waals surface area contributed by atoms with Crippen LogP contribution >= 0.6 is 0 Å². The Morgan fingerprint density at radius 2 is 2.10 bits per heavy atom. The predicted octanol–water partition coefficient (Wildman–Crippen LogP) is 3.14. The van der Waals surface area contributed by atoms with E-state index in [0.717, 1.165) is 11.3 Å². The minimum atomic E-state index is -0.707. The minimum absolute atomic E-state index is 0.287. The normalized spacial score (nSPS) is 12.0. The number of benzene rings is 1. The number of carbonyl (C=O) groups is 1. The quantitative estimate of drug-likeness (QED) is 0.791. The second-order valence-corrected chi connectivity index (χ2v) is 5.00. The maximum atomic E-state index is 11.7. The van der Waals surface area contributed by atoms with Crippen LogP contribution in [0.5, 0.6) is 0 Å². The number of aliphatic hydroxyl groups excluding tert-OH is 1. The van der Waals surface area contributed by atoms with Gasteiger partial charge in [0, 0.05) is 12.2 Å². The van der Waals surface area contributed by atoms with E-state index in [4.69, 9.17) is 4.42 Å². The Labute approximate surface area is 124 Å². The third-order valence-corrected chi connectivity index (χ3v) is 3.34. The smallest absolute Gasteiger partial charge is 0.319 e. The zero-order valence-corrected chi connectivity index (χ0v) is 12.2. The van der Waals surface area contributed by atoms with Crippen LogP contribution in [0.1, 0.15) is 29.4 Å². The molecule has 0 radical (unpaired) electrons. The topological polar surface area (TPSA) is 74.5 Å². The molecule has 0 aliphatic rings. The average molecular weight is 288 g/mol. The summed E-state index contributed by atoms with van der Waals surface area (Å²) in [6, 6.07) is 8.89. The third kappa shape index (κ3) is 4.36. The van der Waals surface area contributed by atoms with Gasteiger partial charge in [-0.3, -0.25) is 0 Å². The van der Waals surface area contributed by atoms with Crippen LogP contribution in [-0.2, 0) is 0 Å². The maximum Gasteiger partial charge on any atom is 0.319 e. The molecule has 1 aromatic carbocycles. The van der Waals surface area contributed by atoms with Crippen molar-refractivity contribution in [3.05, 3.63) is 53.5 Å². The van der Waals surface area contributed by atoms with E-state index in [1.54, 1.807) is 12.1 Å². The molecule has 2 aromatic rings. The van der Waals surface area contributed by atoms with E-state index in [0.29, 0.717) is 18.7 Å². The summed E-state index contributed by atoms with van der Waals surface area (Å²) >= 11 is 0. The molecule has 3 N–H and O–H groups in total. The molecule has 0 saturated heterocycles. The Morgan fingerprint density at radius 3 is 2.76 bits per heavy atom. The molecule has 5 nitrogen and oxygen atoms in total. The van der Waals surface area contributed by atoms with Gasteiger partial charge < -0.3 is 20.2 Å². The molecule has 0 fully saturated rings. The summed E-state index contributed by atoms with van der Waals surface area (Å²) in [5, 5.41) is 15.3. The predicted molar refractivity (Wildman–Crippen MR) is 81.2 cm³/mol. The van der Waals surface area contributed by atoms with Crippen LogP contribution in [0.4, 0.5) is 10.5 Å². The van der Waals surface area contributed by atoms with Gasteiger partial charge in [0.25, 0.3) is 0 Å². The summed E-state index contributed by atoms with van der Waals surface area (Å²) in [5.41, 5.74) is 3.06. The SMILES string of the molecule is Cc1ccc(NC(=O)NCC[C@@H](O)c2ccco2)cc1C. The average Bonchev–Trinajstić information content (AvgIpc) is 2.97. The van der Waals surface area contributed by atoms with Crippen LogP contribution in [0.15, 0.2) is 41.0 Å². The highest BCUT2D eigenvalue weighted by molar-refractivity contribution is 5.89. The minimum Gasteiger partial charge on any atom is -0.467 e. The van der Waals surface area contributed by atoms with Crippen molar-refractivity contribution in [2.75, 3.05) is 11.9 Å². The number of aryl methyl sites for hydroxylation is 2. The molecule has 0 saturated carbocycles. The first kappa shape index (κ1) is 15.1. The molecule has 0 aliphatic carbocycles. The monoisotopic (exact) mass is 288 g/mol. The van der Waals surface area contributed by atoms with Crippen LogP contribution < -0.4 is 10.6 Å². The highest BCUT2D eigenvalue weighted by Crippen LogP contribution is 2.16. The van der Waals surface area contributed by atoms with E-state index in [1.165, 1.54) is 11.8 Å². The number of anilines is 1. The first-order valence-corrected chi connectivity index (χ1v) is 6.90. The zero-order valence-electron chi connectivity index (χ0n) is 12.2. The van der Waals surface area contributed by atoms with Crippen molar-refractivity contribution in [2.45, 2.75) is 26.4 Å². The Kier molecular flexibility index (Phi) is 5.00. The third-order valence-electron chi connectivity index (χ3n) is 3.34. The van der Waals surface area contributed by atoms with Gasteiger partial charge in [-0.2, -0.15) is 0 Å². The number of urea groups is 1. The molecule has 1 heterocycles. The fourth-order valence-electron chi connectivity index (χ4n) is 1.94. The van der Waals surface area contributed by atoms with Crippen molar-refractivity contribution in [1.82, 2.24) is 5.32 Å². The number of aliphatic hydroxyl groups is 1. The van der Waals surface area contributed by atoms with Crippen LogP contribution in [0, 0.1) is 13.8 Å². The number of hydrogen-bond acceptors (Lipinski definition) is 3. The molecule has 0 spiro atoms. The van der Waals surface area contributed by atoms with Crippen LogP contribution in [0.2, 0.25) is 0 Å². The highest BCUT2D eigenvalue weighted by Gasteiger charge is 2.10. The number of hydrogen-bond donors (Lipinski definition) is 3. The number of amides is 2. The molecule has 1 atom stereocenters. The second kappa shape index (κ2) is 6.95. The number of nitrogens with one attached hydrogen (secondary N) is 2. The summed E-state index contributed by atoms with van der Waals surface area (Å²) in [7, 11) is 0. The van der Waals surface area contributed by atoms with E-state index in [-0.39, 0.29) is 6.03 Å². The van der Waals surface area contributed by atoms with Crippen molar-refractivity contribution in [3.63, 3.8) is 0 Å². The molecule has 5 heteroatoms. The molecule has 2 amide bonds. The Balaban J connectivity index is 1.76. The van der Waals surface area contributed by atoms with Gasteiger partial charge in [0.05, 0.1) is 6.26 Å². The molecule has 2 rings (SSSR count). The van der Waals surface area contributed by atoms with Gasteiger partial charge in [-0.05, 0) is 55.7 Å². The maximum absolute atomic E-state index is 11.7. The van der Waals surface area contributed by atoms with Gasteiger partial charge in [0.2, 0.25) is 0 Å². The Morgan fingerprint density at radius 1 is 1.29 bits per heavy atom. The lowest BCUT2D eigenvalue weighted by molar-refractivity contribution is 0.140. The fourth-order valence-corrected chi connectivity index (χ4v) is 1.94. The highest BCUT2D eigenvalue weighted by atomic mass is 16.4. The summed E-state index contributed by atoms with van der Waals surface area (Å²) in [5.74, 6) is 0.506. The van der Waals surface area contributed by atoms with E-state index in [2.05, 4.69) is 10.6 Å². The molecule has 1 aromatic heterocycles. The van der Waals surface area contributed by atoms with Crippen LogP contribution in [0.3, 0.4) is 0 Å². The lowest BCUT2D eigenvalue weighted by Crippen LogP contribution is -2.30. The Bertz CT molecular complexity index is 594. The van der Waals surface area contributed by atoms with E-state index in [9.17, 15) is 9.90 Å². The lowest BCUT2D eigenvalue weighted by Gasteiger charge is -2.11. The number of furan rings is 1. The van der Waals surface area contributed by atoms with Gasteiger partial charge in [-0.15, -0.1) is 0 Å². The number of rotatable bonds is 5. The van der Waals surface area contributed by atoms with Gasteiger partial charge in [-0.1, -0.05) is 6.07 Å². The van der Waals surface area contributed by atoms with Crippen molar-refractivity contribution in [2.24, 2.45) is 0 Å². The van der Waals surface area contributed by atoms with Crippen molar-refractivity contribution < 1.29 is 14.3 Å². The lowest BCUT2D eigenvalue weighted by atomic mass is 10.1. The van der Waals surface area contributed by atoms with Gasteiger partial charge in [0.15, 0.2) is 0 Å². The first-order valence-electron chi connectivity index (χ1n) is 6.90. The molecular weight excluding hydrogens is 268 g/mol. The molecule has 0 aliphatic heterocycles. The van der Waals surface area contributed by atoms with Crippen molar-refractivity contribution >= 4 is 11.7 Å². The van der Waals surface area contributed by atoms with Gasteiger partial charge in [0.1, 0.15) is 11.9 Å². The number of carbonyl (C=O) groups excluding carboxylic acids is 1. The second-order valence-electron chi connectivity index (χ2n) is 5.00. The summed E-state index contributed by atoms with van der Waals surface area (Å²) in [6.45, 7) is 4.38. The van der Waals surface area contributed by atoms with Crippen LogP contribution in [0.25, 0.3) is 0 Å². The molecule has 112 valence electrons. The van der Waals surface area contributed by atoms with Crippen molar-refractivity contribution in [1.29, 1.82) is 0 Å². The summed E-state index contributed by atoms with van der Waals surface area (Å²) < 4.78 is 5.09. The molecule has 0 unspecified atom stereocenters. The largest absolute Gasteiger partial charge is 0.467 e. The van der Waals surface area contributed by atoms with Gasteiger partial charge in [-0.25, -0.2) is 4.79 Å². The fraction of sp³-hybridized carbons (Fsp3) is 0.312. The zero-order chi connectivity index (χ0) is 15.2. The standard InChI is InChI=1S/C16H20N2O3/c1-11-5-6-13(10-12(11)2)18-16(20)17-8-7-14(19)15-4-3-9-21-15/h3-6,9-10,14,19H,7-8H2,1-2H3,(H2,17,18,20)/t14-/m1/s1. The van der Waals surface area contributed by atoms with Gasteiger partial charge >= 0.3 is 6.03 Å². The van der Waals surface area contributed by atoms with Crippen LogP contribution in [-0.4, -0.2) is 17.7 Å². The van der Waals surface area contributed by atoms with E-state index >= 15 is 0 Å². The first-order chi connectivity index (χ1) is 10.1. The summed E-state index contributed by atoms with van der Waals surface area (Å²) in [4.78, 5) is 11.7. The Hall–Kier alpha value is -2.27. The molecular formula is C16H20N2O3. The molecule has 0 bridgehead atoms. The van der Waals surface area contributed by atoms with E-state index in [1.807, 2.05) is 32.0 Å². The van der Waals surface area contributed by atoms with Crippen molar-refractivity contribution in [3.8, 4) is 0 Å². The van der Waals surface area contributed by atoms with E-state index < -0.39 is 6.10 Å². The molecule has 21 heavy (non-hydrogen) atoms.